The molecule has 5 nitrogen and oxygen atoms in total. The van der Waals surface area contributed by atoms with Gasteiger partial charge in [-0.2, -0.15) is 0 Å². The Morgan fingerprint density at radius 2 is 2.31 bits per heavy atom. The van der Waals surface area contributed by atoms with Crippen LogP contribution in [0.5, 0.6) is 0 Å². The zero-order valence-electron chi connectivity index (χ0n) is 9.40. The number of oxazole rings is 1. The maximum atomic E-state index is 10.9. The van der Waals surface area contributed by atoms with Gasteiger partial charge in [0.05, 0.1) is 11.8 Å². The largest absolute Gasteiger partial charge is 0.475 e. The fraction of sp³-hybridized carbons (Fsp3) is 0.636. The van der Waals surface area contributed by atoms with E-state index in [0.717, 1.165) is 12.8 Å². The molecule has 1 heterocycles. The summed E-state index contributed by atoms with van der Waals surface area (Å²) in [7, 11) is 0. The van der Waals surface area contributed by atoms with E-state index in [0.29, 0.717) is 11.6 Å². The van der Waals surface area contributed by atoms with Crippen molar-refractivity contribution in [3.05, 3.63) is 17.3 Å². The number of aromatic carboxylic acids is 1. The van der Waals surface area contributed by atoms with E-state index in [1.54, 1.807) is 0 Å². The monoisotopic (exact) mass is 225 g/mol. The van der Waals surface area contributed by atoms with Crippen LogP contribution in [0.3, 0.4) is 0 Å². The zero-order valence-corrected chi connectivity index (χ0v) is 9.40. The summed E-state index contributed by atoms with van der Waals surface area (Å²) in [4.78, 5) is 15.1. The molecule has 2 rings (SSSR count). The van der Waals surface area contributed by atoms with Gasteiger partial charge in [-0.05, 0) is 26.7 Å². The molecule has 0 unspecified atom stereocenters. The van der Waals surface area contributed by atoms with Crippen molar-refractivity contribution in [2.45, 2.75) is 45.3 Å². The SMILES string of the molecule is CC(C)OCc1nc(C2CC2)c(C(=O)O)o1. The van der Waals surface area contributed by atoms with Crippen LogP contribution in [0.1, 0.15) is 54.7 Å². The average molecular weight is 225 g/mol. The normalized spacial score (nSPS) is 15.7. The predicted molar refractivity (Wildman–Crippen MR) is 55.4 cm³/mol. The van der Waals surface area contributed by atoms with Gasteiger partial charge in [0.25, 0.3) is 0 Å². The highest BCUT2D eigenvalue weighted by molar-refractivity contribution is 5.85. The Morgan fingerprint density at radius 3 is 2.81 bits per heavy atom. The van der Waals surface area contributed by atoms with Gasteiger partial charge in [0.15, 0.2) is 0 Å². The first-order chi connectivity index (χ1) is 7.58. The van der Waals surface area contributed by atoms with Gasteiger partial charge in [0.2, 0.25) is 11.7 Å². The minimum absolute atomic E-state index is 0.0233. The first-order valence-electron chi connectivity index (χ1n) is 5.42. The summed E-state index contributed by atoms with van der Waals surface area (Å²) in [5, 5.41) is 8.96. The van der Waals surface area contributed by atoms with E-state index >= 15 is 0 Å². The smallest absolute Gasteiger partial charge is 0.373 e. The Bertz CT molecular complexity index is 393. The van der Waals surface area contributed by atoms with Gasteiger partial charge in [-0.3, -0.25) is 0 Å². The van der Waals surface area contributed by atoms with E-state index in [9.17, 15) is 4.79 Å². The maximum Gasteiger partial charge on any atom is 0.373 e. The third kappa shape index (κ3) is 2.41. The third-order valence-corrected chi connectivity index (χ3v) is 2.40. The van der Waals surface area contributed by atoms with E-state index in [-0.39, 0.29) is 24.4 Å². The molecule has 16 heavy (non-hydrogen) atoms. The number of aromatic nitrogens is 1. The third-order valence-electron chi connectivity index (χ3n) is 2.40. The minimum Gasteiger partial charge on any atom is -0.475 e. The summed E-state index contributed by atoms with van der Waals surface area (Å²) in [5.41, 5.74) is 0.579. The first-order valence-corrected chi connectivity index (χ1v) is 5.42. The van der Waals surface area contributed by atoms with Crippen LogP contribution in [0.25, 0.3) is 0 Å². The highest BCUT2D eigenvalue weighted by Gasteiger charge is 2.33. The number of nitrogens with zero attached hydrogens (tertiary/aromatic N) is 1. The molecule has 0 amide bonds. The number of carboxylic acids is 1. The fourth-order valence-electron chi connectivity index (χ4n) is 1.46. The summed E-state index contributed by atoms with van der Waals surface area (Å²) in [6.45, 7) is 4.04. The lowest BCUT2D eigenvalue weighted by atomic mass is 10.2. The van der Waals surface area contributed by atoms with Crippen LogP contribution in [0, 0.1) is 0 Å². The van der Waals surface area contributed by atoms with Crippen molar-refractivity contribution in [2.24, 2.45) is 0 Å². The minimum atomic E-state index is -1.05. The summed E-state index contributed by atoms with van der Waals surface area (Å²) in [5.74, 6) is -0.453. The van der Waals surface area contributed by atoms with E-state index in [4.69, 9.17) is 14.3 Å². The Balaban J connectivity index is 2.14. The topological polar surface area (TPSA) is 72.6 Å². The van der Waals surface area contributed by atoms with Crippen molar-refractivity contribution in [3.8, 4) is 0 Å². The molecule has 1 aliphatic carbocycles. The van der Waals surface area contributed by atoms with Crippen molar-refractivity contribution >= 4 is 5.97 Å². The number of ether oxygens (including phenoxy) is 1. The molecule has 1 aromatic rings. The lowest BCUT2D eigenvalue weighted by Crippen LogP contribution is -2.02. The van der Waals surface area contributed by atoms with E-state index in [2.05, 4.69) is 4.98 Å². The van der Waals surface area contributed by atoms with Crippen LogP contribution >= 0.6 is 0 Å². The molecule has 1 aromatic heterocycles. The van der Waals surface area contributed by atoms with Gasteiger partial charge in [-0.15, -0.1) is 0 Å². The molecule has 88 valence electrons. The van der Waals surface area contributed by atoms with Crippen LogP contribution in [-0.2, 0) is 11.3 Å². The number of rotatable bonds is 5. The molecule has 1 fully saturated rings. The van der Waals surface area contributed by atoms with Gasteiger partial charge in [-0.1, -0.05) is 0 Å². The molecule has 0 atom stereocenters. The average Bonchev–Trinajstić information content (AvgIpc) is 2.95. The molecule has 0 spiro atoms. The van der Waals surface area contributed by atoms with Crippen molar-refractivity contribution in [1.82, 2.24) is 4.98 Å². The quantitative estimate of drug-likeness (QED) is 0.831. The standard InChI is InChI=1S/C11H15NO4/c1-6(2)15-5-8-12-9(7-3-4-7)10(16-8)11(13)14/h6-7H,3-5H2,1-2H3,(H,13,14). The van der Waals surface area contributed by atoms with E-state index < -0.39 is 5.97 Å². The van der Waals surface area contributed by atoms with Crippen molar-refractivity contribution in [2.75, 3.05) is 0 Å². The summed E-state index contributed by atoms with van der Waals surface area (Å²) in [6.07, 6.45) is 2.07. The Kier molecular flexibility index (Phi) is 2.96. The Hall–Kier alpha value is -1.36. The predicted octanol–water partition coefficient (Wildman–Crippen LogP) is 2.18. The maximum absolute atomic E-state index is 10.9. The van der Waals surface area contributed by atoms with Crippen LogP contribution in [0.4, 0.5) is 0 Å². The lowest BCUT2D eigenvalue weighted by molar-refractivity contribution is 0.0489. The van der Waals surface area contributed by atoms with Crippen LogP contribution < -0.4 is 0 Å². The second-order valence-corrected chi connectivity index (χ2v) is 4.26. The van der Waals surface area contributed by atoms with Gasteiger partial charge < -0.3 is 14.3 Å². The van der Waals surface area contributed by atoms with Gasteiger partial charge in [0.1, 0.15) is 6.61 Å². The van der Waals surface area contributed by atoms with Crippen molar-refractivity contribution < 1.29 is 19.1 Å². The highest BCUT2D eigenvalue weighted by Crippen LogP contribution is 2.41. The number of carboxylic acid groups (broad SMARTS) is 1. The molecule has 1 aliphatic rings. The van der Waals surface area contributed by atoms with Crippen molar-refractivity contribution in [3.63, 3.8) is 0 Å². The molecule has 0 aliphatic heterocycles. The number of carbonyl (C=O) groups is 1. The lowest BCUT2D eigenvalue weighted by Gasteiger charge is -2.03. The summed E-state index contributed by atoms with van der Waals surface area (Å²) >= 11 is 0. The molecular weight excluding hydrogens is 210 g/mol. The molecule has 0 radical (unpaired) electrons. The summed E-state index contributed by atoms with van der Waals surface area (Å²) < 4.78 is 10.5. The van der Waals surface area contributed by atoms with Gasteiger partial charge in [-0.25, -0.2) is 9.78 Å². The number of hydrogen-bond acceptors (Lipinski definition) is 4. The molecule has 1 N–H and O–H groups in total. The second kappa shape index (κ2) is 4.25. The van der Waals surface area contributed by atoms with Gasteiger partial charge >= 0.3 is 5.97 Å². The van der Waals surface area contributed by atoms with Crippen LogP contribution in [-0.4, -0.2) is 22.2 Å². The van der Waals surface area contributed by atoms with E-state index in [1.807, 2.05) is 13.8 Å². The zero-order chi connectivity index (χ0) is 11.7. The summed E-state index contributed by atoms with van der Waals surface area (Å²) in [6, 6.07) is 0. The Morgan fingerprint density at radius 1 is 1.62 bits per heavy atom. The van der Waals surface area contributed by atoms with E-state index in [1.165, 1.54) is 0 Å². The Labute approximate surface area is 93.4 Å². The van der Waals surface area contributed by atoms with Crippen LogP contribution in [0.15, 0.2) is 4.42 Å². The molecule has 1 saturated carbocycles. The van der Waals surface area contributed by atoms with Crippen molar-refractivity contribution in [1.29, 1.82) is 0 Å². The fourth-order valence-corrected chi connectivity index (χ4v) is 1.46. The molecule has 0 aromatic carbocycles. The molecule has 0 saturated heterocycles. The number of hydrogen-bond donors (Lipinski definition) is 1. The second-order valence-electron chi connectivity index (χ2n) is 4.26. The molecule has 0 bridgehead atoms. The van der Waals surface area contributed by atoms with Gasteiger partial charge in [0, 0.05) is 5.92 Å². The highest BCUT2D eigenvalue weighted by atomic mass is 16.5. The molecular formula is C11H15NO4. The van der Waals surface area contributed by atoms with Crippen LogP contribution in [0.2, 0.25) is 0 Å². The molecule has 5 heteroatoms. The first kappa shape index (κ1) is 11.1.